The molecule has 2 aliphatic heterocycles. The first-order chi connectivity index (χ1) is 15.0. The number of benzene rings is 1. The number of pyridine rings is 1. The molecule has 2 saturated heterocycles. The zero-order valence-corrected chi connectivity index (χ0v) is 18.2. The minimum atomic E-state index is -1.16. The summed E-state index contributed by atoms with van der Waals surface area (Å²) in [5.41, 5.74) is 1.57. The van der Waals surface area contributed by atoms with Crippen molar-refractivity contribution in [2.45, 2.75) is 43.1 Å². The summed E-state index contributed by atoms with van der Waals surface area (Å²) in [5, 5.41) is 22.1. The van der Waals surface area contributed by atoms with Gasteiger partial charge in [0, 0.05) is 32.2 Å². The first-order valence-electron chi connectivity index (χ1n) is 10.8. The number of rotatable bonds is 5. The Morgan fingerprint density at radius 2 is 2.00 bits per heavy atom. The molecule has 2 unspecified atom stereocenters. The van der Waals surface area contributed by atoms with Crippen LogP contribution in [0, 0.1) is 12.3 Å². The third-order valence-corrected chi connectivity index (χ3v) is 6.62. The Kier molecular flexibility index (Phi) is 6.31. The largest absolute Gasteiger partial charge is 0.388 e. The highest BCUT2D eigenvalue weighted by Crippen LogP contribution is 2.39. The van der Waals surface area contributed by atoms with Gasteiger partial charge in [-0.15, -0.1) is 6.42 Å². The molecule has 4 atom stereocenters. The molecule has 0 amide bonds. The van der Waals surface area contributed by atoms with Crippen LogP contribution in [0.5, 0.6) is 0 Å². The standard InChI is InChI=1S/C25H31N3O3/c1-4-23-25(30,13-8-14-27(23)2)19-11-12-24(28-16-21(29)22(17-28)31-3)26-20(19)15-18-9-6-5-7-10-18/h1,5-7,9-12,21-23,29-30H,8,13-17H2,2-3H3/t21-,22-,23?,25?/m1/s1. The van der Waals surface area contributed by atoms with Crippen LogP contribution in [0.15, 0.2) is 42.5 Å². The molecule has 4 rings (SSSR count). The Hall–Kier alpha value is -2.43. The monoisotopic (exact) mass is 421 g/mol. The summed E-state index contributed by atoms with van der Waals surface area (Å²) in [5.74, 6) is 3.59. The van der Waals surface area contributed by atoms with Crippen LogP contribution in [-0.4, -0.2) is 72.1 Å². The lowest BCUT2D eigenvalue weighted by Crippen LogP contribution is -2.53. The van der Waals surface area contributed by atoms with Crippen LogP contribution < -0.4 is 4.90 Å². The van der Waals surface area contributed by atoms with Crippen molar-refractivity contribution in [3.05, 3.63) is 59.3 Å². The van der Waals surface area contributed by atoms with E-state index in [4.69, 9.17) is 16.1 Å². The molecule has 6 nitrogen and oxygen atoms in total. The number of hydrogen-bond acceptors (Lipinski definition) is 6. The fourth-order valence-electron chi connectivity index (χ4n) is 4.93. The quantitative estimate of drug-likeness (QED) is 0.718. The van der Waals surface area contributed by atoms with Crippen molar-refractivity contribution in [3.8, 4) is 12.3 Å². The van der Waals surface area contributed by atoms with E-state index in [-0.39, 0.29) is 6.10 Å². The predicted molar refractivity (Wildman–Crippen MR) is 121 cm³/mol. The summed E-state index contributed by atoms with van der Waals surface area (Å²) < 4.78 is 5.39. The number of methoxy groups -OCH3 is 1. The van der Waals surface area contributed by atoms with Crippen LogP contribution in [0.25, 0.3) is 0 Å². The van der Waals surface area contributed by atoms with Gasteiger partial charge in [0.25, 0.3) is 0 Å². The molecule has 2 fully saturated rings. The van der Waals surface area contributed by atoms with E-state index in [1.165, 1.54) is 0 Å². The van der Waals surface area contributed by atoms with Crippen molar-refractivity contribution >= 4 is 5.82 Å². The van der Waals surface area contributed by atoms with Crippen LogP contribution >= 0.6 is 0 Å². The number of anilines is 1. The SMILES string of the molecule is C#CC1N(C)CCCC1(O)c1ccc(N2C[C@@H](O)[C@H](OC)C2)nc1Cc1ccccc1. The first-order valence-corrected chi connectivity index (χ1v) is 10.8. The third kappa shape index (κ3) is 4.19. The van der Waals surface area contributed by atoms with E-state index in [1.807, 2.05) is 47.2 Å². The second-order valence-electron chi connectivity index (χ2n) is 8.65. The summed E-state index contributed by atoms with van der Waals surface area (Å²) in [4.78, 5) is 9.06. The van der Waals surface area contributed by atoms with Gasteiger partial charge in [-0.3, -0.25) is 4.90 Å². The molecule has 31 heavy (non-hydrogen) atoms. The van der Waals surface area contributed by atoms with E-state index >= 15 is 0 Å². The minimum Gasteiger partial charge on any atom is -0.388 e. The number of β-amino-alcohol motifs (C(OH)–C–C–N with tert-alkyl or cyclic N) is 1. The number of terminal acetylenes is 1. The van der Waals surface area contributed by atoms with Crippen LogP contribution in [0.1, 0.15) is 29.7 Å². The van der Waals surface area contributed by atoms with Crippen LogP contribution in [0.4, 0.5) is 5.82 Å². The highest BCUT2D eigenvalue weighted by atomic mass is 16.5. The Bertz CT molecular complexity index is 945. The summed E-state index contributed by atoms with van der Waals surface area (Å²) >= 11 is 0. The van der Waals surface area contributed by atoms with Crippen molar-refractivity contribution in [1.82, 2.24) is 9.88 Å². The molecule has 3 heterocycles. The maximum Gasteiger partial charge on any atom is 0.129 e. The second-order valence-corrected chi connectivity index (χ2v) is 8.65. The van der Waals surface area contributed by atoms with Gasteiger partial charge in [-0.2, -0.15) is 0 Å². The van der Waals surface area contributed by atoms with Crippen LogP contribution in [0.2, 0.25) is 0 Å². The lowest BCUT2D eigenvalue weighted by atomic mass is 9.78. The van der Waals surface area contributed by atoms with E-state index in [0.29, 0.717) is 25.9 Å². The van der Waals surface area contributed by atoms with E-state index in [2.05, 4.69) is 18.1 Å². The van der Waals surface area contributed by atoms with Gasteiger partial charge >= 0.3 is 0 Å². The van der Waals surface area contributed by atoms with E-state index in [9.17, 15) is 10.2 Å². The van der Waals surface area contributed by atoms with Gasteiger partial charge in [-0.1, -0.05) is 42.3 Å². The lowest BCUT2D eigenvalue weighted by molar-refractivity contribution is -0.0566. The average Bonchev–Trinajstić information content (AvgIpc) is 3.15. The molecule has 0 saturated carbocycles. The number of ether oxygens (including phenoxy) is 1. The van der Waals surface area contributed by atoms with Gasteiger partial charge in [0.05, 0.1) is 11.8 Å². The molecule has 0 spiro atoms. The first kappa shape index (κ1) is 21.8. The van der Waals surface area contributed by atoms with Crippen LogP contribution in [0.3, 0.4) is 0 Å². The van der Waals surface area contributed by atoms with Gasteiger partial charge in [-0.25, -0.2) is 4.98 Å². The molecule has 0 aliphatic carbocycles. The Morgan fingerprint density at radius 1 is 1.23 bits per heavy atom. The zero-order chi connectivity index (χ0) is 22.0. The summed E-state index contributed by atoms with van der Waals surface area (Å²) in [6.07, 6.45) is 7.14. The number of aliphatic hydroxyl groups is 2. The molecular weight excluding hydrogens is 390 g/mol. The van der Waals surface area contributed by atoms with Gasteiger partial charge in [0.2, 0.25) is 0 Å². The molecular formula is C25H31N3O3. The molecule has 2 aliphatic rings. The van der Waals surface area contributed by atoms with E-state index < -0.39 is 17.7 Å². The molecule has 6 heteroatoms. The van der Waals surface area contributed by atoms with Crippen molar-refractivity contribution in [2.75, 3.05) is 38.7 Å². The maximum atomic E-state index is 11.8. The molecule has 164 valence electrons. The summed E-state index contributed by atoms with van der Waals surface area (Å²) in [7, 11) is 3.58. The van der Waals surface area contributed by atoms with Crippen molar-refractivity contribution in [3.63, 3.8) is 0 Å². The van der Waals surface area contributed by atoms with Crippen molar-refractivity contribution < 1.29 is 14.9 Å². The lowest BCUT2D eigenvalue weighted by Gasteiger charge is -2.44. The van der Waals surface area contributed by atoms with Crippen molar-refractivity contribution in [2.24, 2.45) is 0 Å². The minimum absolute atomic E-state index is 0.235. The molecule has 2 aromatic rings. The van der Waals surface area contributed by atoms with Gasteiger partial charge < -0.3 is 19.8 Å². The molecule has 1 aromatic heterocycles. The fraction of sp³-hybridized carbons (Fsp3) is 0.480. The smallest absolute Gasteiger partial charge is 0.129 e. The number of likely N-dealkylation sites (N-methyl/N-ethyl adjacent to an activating group) is 1. The Labute approximate surface area is 184 Å². The van der Waals surface area contributed by atoms with Crippen molar-refractivity contribution in [1.29, 1.82) is 0 Å². The van der Waals surface area contributed by atoms with E-state index in [1.54, 1.807) is 7.11 Å². The summed E-state index contributed by atoms with van der Waals surface area (Å²) in [6.45, 7) is 1.91. The third-order valence-electron chi connectivity index (χ3n) is 6.62. The Morgan fingerprint density at radius 3 is 2.68 bits per heavy atom. The molecule has 0 bridgehead atoms. The highest BCUT2D eigenvalue weighted by Gasteiger charge is 2.44. The Balaban J connectivity index is 1.75. The number of likely N-dealkylation sites (tertiary alicyclic amines) is 1. The van der Waals surface area contributed by atoms with Gasteiger partial charge in [0.15, 0.2) is 0 Å². The topological polar surface area (TPSA) is 69.1 Å². The molecule has 0 radical (unpaired) electrons. The average molecular weight is 422 g/mol. The fourth-order valence-corrected chi connectivity index (χ4v) is 4.93. The number of nitrogens with zero attached hydrogens (tertiary/aromatic N) is 3. The highest BCUT2D eigenvalue weighted by molar-refractivity contribution is 5.47. The van der Waals surface area contributed by atoms with Gasteiger partial charge in [-0.05, 0) is 38.1 Å². The van der Waals surface area contributed by atoms with E-state index in [0.717, 1.165) is 35.6 Å². The molecule has 1 aromatic carbocycles. The van der Waals surface area contributed by atoms with Crippen LogP contribution in [-0.2, 0) is 16.8 Å². The number of hydrogen-bond donors (Lipinski definition) is 2. The predicted octanol–water partition coefficient (Wildman–Crippen LogP) is 1.78. The number of piperidine rings is 1. The van der Waals surface area contributed by atoms with Gasteiger partial charge in [0.1, 0.15) is 23.6 Å². The maximum absolute atomic E-state index is 11.8. The number of aliphatic hydroxyl groups excluding tert-OH is 1. The second kappa shape index (κ2) is 8.97. The summed E-state index contributed by atoms with van der Waals surface area (Å²) in [6, 6.07) is 13.6. The normalized spacial score (nSPS) is 29.1. The zero-order valence-electron chi connectivity index (χ0n) is 18.2. The molecule has 2 N–H and O–H groups in total. The number of aromatic nitrogens is 1.